The number of nitrogens with zero attached hydrogens (tertiary/aromatic N) is 7. The molecule has 0 radical (unpaired) electrons. The number of morpholine rings is 1. The van der Waals surface area contributed by atoms with Crippen LogP contribution in [-0.2, 0) is 37.6 Å². The number of aliphatic hydroxyl groups is 1. The van der Waals surface area contributed by atoms with Crippen LogP contribution in [0, 0.1) is 17.8 Å². The summed E-state index contributed by atoms with van der Waals surface area (Å²) in [4.78, 5) is 72.5. The van der Waals surface area contributed by atoms with Crippen LogP contribution in [0.15, 0.2) is 176 Å². The van der Waals surface area contributed by atoms with E-state index in [9.17, 15) is 5.11 Å². The van der Waals surface area contributed by atoms with E-state index in [0.717, 1.165) is 32.6 Å². The maximum atomic E-state index is 17.2. The molecule has 8 aromatic rings. The first-order valence-electron chi connectivity index (χ1n) is 27.6. The van der Waals surface area contributed by atoms with Crippen molar-refractivity contribution in [2.45, 2.75) is 55.7 Å². The van der Waals surface area contributed by atoms with Crippen molar-refractivity contribution in [3.05, 3.63) is 215 Å². The fourth-order valence-corrected chi connectivity index (χ4v) is 12.9. The Hall–Kier alpha value is -9.34. The third-order valence-electron chi connectivity index (χ3n) is 16.5. The summed E-state index contributed by atoms with van der Waals surface area (Å²) >= 11 is 0. The van der Waals surface area contributed by atoms with Gasteiger partial charge in [-0.2, -0.15) is 0 Å². The molecular weight excluding hydrogens is 1040 g/mol. The van der Waals surface area contributed by atoms with Crippen molar-refractivity contribution in [3.8, 4) is 29.1 Å². The molecule has 3 saturated heterocycles. The molecule has 6 heterocycles. The highest BCUT2D eigenvalue weighted by atomic mass is 16.7. The molecule has 2 N–H and O–H groups in total. The van der Waals surface area contributed by atoms with Crippen molar-refractivity contribution < 1.29 is 43.2 Å². The van der Waals surface area contributed by atoms with E-state index in [2.05, 4.69) is 32.4 Å². The summed E-state index contributed by atoms with van der Waals surface area (Å²) in [7, 11) is 0. The molecular formula is C65H58N8O9. The first-order chi connectivity index (χ1) is 40.2. The van der Waals surface area contributed by atoms with Crippen molar-refractivity contribution in [2.24, 2.45) is 5.92 Å². The number of anilines is 1. The highest BCUT2D eigenvalue weighted by Crippen LogP contribution is 2.67. The van der Waals surface area contributed by atoms with E-state index in [1.807, 2.05) is 157 Å². The van der Waals surface area contributed by atoms with Crippen LogP contribution < -0.4 is 24.4 Å². The number of piperazine rings is 1. The molecule has 1 aromatic heterocycles. The van der Waals surface area contributed by atoms with Crippen molar-refractivity contribution in [3.63, 3.8) is 0 Å². The highest BCUT2D eigenvalue weighted by Gasteiger charge is 2.76. The summed E-state index contributed by atoms with van der Waals surface area (Å²) in [6.45, 7) is 3.79. The number of carbonyl (C=O) groups excluding carboxylic acids is 4. The van der Waals surface area contributed by atoms with Gasteiger partial charge >= 0.3 is 12.0 Å². The van der Waals surface area contributed by atoms with Crippen LogP contribution in [0.25, 0.3) is 11.0 Å². The number of carbonyl (C=O) groups is 4. The number of amides is 4. The Bertz CT molecular complexity index is 3790. The summed E-state index contributed by atoms with van der Waals surface area (Å²) in [5, 5.41) is 22.1. The van der Waals surface area contributed by atoms with Crippen LogP contribution in [0.2, 0.25) is 0 Å². The molecule has 13 rings (SSSR count). The molecule has 82 heavy (non-hydrogen) atoms. The number of nitrogens with one attached hydrogen (secondary N) is 1. The zero-order valence-corrected chi connectivity index (χ0v) is 44.9. The van der Waals surface area contributed by atoms with E-state index in [4.69, 9.17) is 18.9 Å². The number of benzene rings is 7. The summed E-state index contributed by atoms with van der Waals surface area (Å²) < 4.78 is 26.2. The lowest BCUT2D eigenvalue weighted by Gasteiger charge is -2.46. The number of cyclic esters (lactones) is 1. The number of esters is 1. The monoisotopic (exact) mass is 1090 g/mol. The zero-order chi connectivity index (χ0) is 55.9. The molecule has 0 unspecified atom stereocenters. The second kappa shape index (κ2) is 22.0. The molecule has 412 valence electrons. The predicted molar refractivity (Wildman–Crippen MR) is 303 cm³/mol. The average molecular weight is 1100 g/mol. The Morgan fingerprint density at radius 1 is 0.780 bits per heavy atom. The van der Waals surface area contributed by atoms with Crippen LogP contribution >= 0.6 is 0 Å². The number of aliphatic hydroxyl groups excluding tert-OH is 1. The van der Waals surface area contributed by atoms with Crippen molar-refractivity contribution >= 4 is 40.5 Å². The van der Waals surface area contributed by atoms with E-state index in [1.165, 1.54) is 0 Å². The number of ether oxygens (including phenoxy) is 4. The summed E-state index contributed by atoms with van der Waals surface area (Å²) in [5.41, 5.74) is 4.21. The molecule has 0 saturated carbocycles. The van der Waals surface area contributed by atoms with Crippen molar-refractivity contribution in [1.29, 1.82) is 0 Å². The van der Waals surface area contributed by atoms with Gasteiger partial charge in [0.05, 0.1) is 41.9 Å². The van der Waals surface area contributed by atoms with E-state index in [0.29, 0.717) is 59.1 Å². The van der Waals surface area contributed by atoms with Crippen molar-refractivity contribution in [1.82, 2.24) is 35.0 Å². The number of aromatic nitrogens is 3. The Kier molecular flexibility index (Phi) is 13.9. The van der Waals surface area contributed by atoms with Crippen LogP contribution in [0.3, 0.4) is 0 Å². The molecule has 5 aliphatic heterocycles. The number of urea groups is 1. The van der Waals surface area contributed by atoms with Crippen LogP contribution in [-0.4, -0.2) is 111 Å². The van der Waals surface area contributed by atoms with Gasteiger partial charge in [0.15, 0.2) is 11.5 Å². The Balaban J connectivity index is 1.02. The number of hydrogen-bond acceptors (Lipinski definition) is 13. The first kappa shape index (κ1) is 52.1. The number of hydrogen-bond donors (Lipinski definition) is 2. The highest BCUT2D eigenvalue weighted by molar-refractivity contribution is 6.25. The van der Waals surface area contributed by atoms with Gasteiger partial charge in [-0.15, -0.1) is 5.10 Å². The normalized spacial score (nSPS) is 22.3. The molecule has 17 nitrogen and oxygen atoms in total. The molecule has 7 atom stereocenters. The van der Waals surface area contributed by atoms with Crippen LogP contribution in [0.1, 0.15) is 70.1 Å². The molecule has 17 heteroatoms. The predicted octanol–water partition coefficient (Wildman–Crippen LogP) is 8.06. The molecule has 1 spiro atoms. The Morgan fingerprint density at radius 3 is 2.27 bits per heavy atom. The lowest BCUT2D eigenvalue weighted by Crippen LogP contribution is -2.59. The number of imide groups is 1. The maximum absolute atomic E-state index is 17.2. The van der Waals surface area contributed by atoms with Gasteiger partial charge in [0.2, 0.25) is 18.6 Å². The second-order valence-electron chi connectivity index (χ2n) is 21.2. The van der Waals surface area contributed by atoms with Gasteiger partial charge in [-0.25, -0.2) is 14.4 Å². The van der Waals surface area contributed by atoms with Gasteiger partial charge in [-0.05, 0) is 83.3 Å². The summed E-state index contributed by atoms with van der Waals surface area (Å²) in [6, 6.07) is 49.8. The minimum atomic E-state index is -2.08. The molecule has 3 fully saturated rings. The second-order valence-corrected chi connectivity index (χ2v) is 21.2. The van der Waals surface area contributed by atoms with Crippen molar-refractivity contribution in [2.75, 3.05) is 51.1 Å². The van der Waals surface area contributed by atoms with Gasteiger partial charge in [0.25, 0.3) is 0 Å². The van der Waals surface area contributed by atoms with E-state index in [1.54, 1.807) is 39.9 Å². The fraction of sp³-hybridized carbons (Fsp3) is 0.262. The topological polar surface area (TPSA) is 181 Å². The van der Waals surface area contributed by atoms with E-state index < -0.39 is 65.4 Å². The first-order valence-corrected chi connectivity index (χ1v) is 27.6. The van der Waals surface area contributed by atoms with Gasteiger partial charge in [-0.3, -0.25) is 24.2 Å². The largest absolute Gasteiger partial charge is 0.491 e. The SMILES string of the molecule is C[C@@H](NC(=O)N1C(=O)[C@@]2(c3cc(C#CCn4nnc5ccccc54)ccc31)[C@H](c1ccccc1OCCO)N1[C@H](c3ccccc3)[C@H](c3ccccc3)OC(=O)[C@H]1[C@@H]2C(=O)N1CCN(Cc2ccc3c(c2)OCO3)CC1)c1ccccc1. The lowest BCUT2D eigenvalue weighted by molar-refractivity contribution is -0.179. The number of para-hydroxylation sites is 2. The van der Waals surface area contributed by atoms with Gasteiger partial charge in [-0.1, -0.05) is 144 Å². The van der Waals surface area contributed by atoms with Crippen LogP contribution in [0.4, 0.5) is 10.5 Å². The summed E-state index contributed by atoms with van der Waals surface area (Å²) in [5.74, 6) is 4.90. The minimum absolute atomic E-state index is 0.104. The minimum Gasteiger partial charge on any atom is -0.491 e. The number of fused-ring (bicyclic) bond motifs is 5. The average Bonchev–Trinajstić information content (AvgIpc) is 1.99. The van der Waals surface area contributed by atoms with Gasteiger partial charge in [0, 0.05) is 43.9 Å². The molecule has 5 aliphatic rings. The molecule has 0 aliphatic carbocycles. The maximum Gasteiger partial charge on any atom is 0.329 e. The summed E-state index contributed by atoms with van der Waals surface area (Å²) in [6.07, 6.45) is -0.946. The number of rotatable bonds is 12. The third kappa shape index (κ3) is 9.14. The van der Waals surface area contributed by atoms with Gasteiger partial charge < -0.3 is 34.3 Å². The standard InChI is InChI=1S/C65H58N8O9/c1-42(45-17-5-2-6-18-45)66-64(78)72-51-29-27-43(16-15-31-71-52-25-13-12-24-50(52)67-68-71)38-49(51)65(63(72)77)56(61(75)70-34-32-69(33-35-70)40-44-28-30-54-55(39-44)81-41-80-54)58-62(76)82-59(47-21-9-4-10-22-47)57(46-19-7-3-8-20-46)73(58)60(65)48-23-11-14-26-53(48)79-37-36-74/h2-14,17-30,38-39,42,56-60,74H,31-37,40-41H2,1H3,(H,66,78)/t42-,56-,57-,58-,59+,60+,65-/m1/s1. The van der Waals surface area contributed by atoms with Gasteiger partial charge in [0.1, 0.15) is 42.0 Å². The fourth-order valence-electron chi connectivity index (χ4n) is 12.9. The van der Waals surface area contributed by atoms with E-state index in [-0.39, 0.29) is 45.3 Å². The molecule has 7 aromatic carbocycles. The Labute approximate surface area is 473 Å². The quantitative estimate of drug-likeness (QED) is 0.0887. The smallest absolute Gasteiger partial charge is 0.329 e. The lowest BCUT2D eigenvalue weighted by atomic mass is 9.64. The van der Waals surface area contributed by atoms with Crippen LogP contribution in [0.5, 0.6) is 17.2 Å². The molecule has 4 amide bonds. The van der Waals surface area contributed by atoms with E-state index >= 15 is 19.2 Å². The third-order valence-corrected chi connectivity index (χ3v) is 16.5. The Morgan fingerprint density at radius 2 is 1.49 bits per heavy atom. The molecule has 0 bridgehead atoms. The zero-order valence-electron chi connectivity index (χ0n) is 44.9.